The van der Waals surface area contributed by atoms with Crippen LogP contribution in [0.5, 0.6) is 0 Å². The molecule has 0 atom stereocenters. The molecule has 85 heavy (non-hydrogen) atoms. The molecular weight excluding hydrogens is 1140 g/mol. The van der Waals surface area contributed by atoms with Crippen molar-refractivity contribution >= 4 is 131 Å². The summed E-state index contributed by atoms with van der Waals surface area (Å²) < 4.78 is 16.0. The maximum atomic E-state index is 8.66. The lowest BCUT2D eigenvalue weighted by atomic mass is 9.81. The predicted octanol–water partition coefficient (Wildman–Crippen LogP) is 12.8. The van der Waals surface area contributed by atoms with Gasteiger partial charge in [0.15, 0.2) is 39.4 Å². The van der Waals surface area contributed by atoms with Crippen LogP contribution in [0.15, 0.2) is 178 Å². The number of H-pyrrole nitrogens is 2. The number of nitrogens with one attached hydrogen (secondary N) is 4. The summed E-state index contributed by atoms with van der Waals surface area (Å²) in [6.07, 6.45) is 20.7. The molecule has 422 valence electrons. The van der Waals surface area contributed by atoms with E-state index >= 15 is 0 Å². The summed E-state index contributed by atoms with van der Waals surface area (Å²) in [5.41, 5.74) is 20.0. The second kappa shape index (κ2) is 27.9. The van der Waals surface area contributed by atoms with Crippen LogP contribution in [0.1, 0.15) is 28.7 Å². The Morgan fingerprint density at radius 1 is 0.600 bits per heavy atom. The van der Waals surface area contributed by atoms with Crippen LogP contribution in [-0.2, 0) is 19.3 Å². The Bertz CT molecular complexity index is 4550. The van der Waals surface area contributed by atoms with Gasteiger partial charge in [-0.25, -0.2) is 34.6 Å². The zero-order chi connectivity index (χ0) is 59.1. The molecule has 1 aliphatic carbocycles. The first kappa shape index (κ1) is 58.2. The van der Waals surface area contributed by atoms with E-state index in [4.69, 9.17) is 77.0 Å². The van der Waals surface area contributed by atoms with Crippen molar-refractivity contribution in [3.8, 4) is 11.4 Å². The van der Waals surface area contributed by atoms with Gasteiger partial charge in [-0.05, 0) is 107 Å². The minimum absolute atomic E-state index is 0.129. The Hall–Kier alpha value is -9.97. The van der Waals surface area contributed by atoms with Gasteiger partial charge in [-0.1, -0.05) is 84.4 Å². The van der Waals surface area contributed by atoms with Gasteiger partial charge in [-0.3, -0.25) is 9.97 Å². The lowest BCUT2D eigenvalue weighted by molar-refractivity contribution is 0.425. The lowest BCUT2D eigenvalue weighted by Crippen LogP contribution is -2.29. The molecule has 20 nitrogen and oxygen atoms in total. The number of allylic oxidation sites excluding steroid dienone is 1. The second-order valence-corrected chi connectivity index (χ2v) is 19.7. The highest BCUT2D eigenvalue weighted by Gasteiger charge is 2.16. The van der Waals surface area contributed by atoms with E-state index in [0.29, 0.717) is 74.2 Å². The fourth-order valence-corrected chi connectivity index (χ4v) is 9.80. The van der Waals surface area contributed by atoms with Gasteiger partial charge in [0, 0.05) is 95.8 Å². The molecule has 8 N–H and O–H groups in total. The lowest BCUT2D eigenvalue weighted by Gasteiger charge is -2.08. The molecule has 14 rings (SSSR count). The number of aromatic amines is 2. The van der Waals surface area contributed by atoms with Gasteiger partial charge >= 0.3 is 7.12 Å². The van der Waals surface area contributed by atoms with E-state index in [-0.39, 0.29) is 21.2 Å². The van der Waals surface area contributed by atoms with E-state index in [9.17, 15) is 0 Å². The summed E-state index contributed by atoms with van der Waals surface area (Å²) >= 11 is 17.1. The van der Waals surface area contributed by atoms with Gasteiger partial charge in [0.25, 0.3) is 0 Å². The fraction of sp³-hybridized carbons (Fsp3) is 0.115. The van der Waals surface area contributed by atoms with E-state index in [1.165, 1.54) is 69.5 Å². The minimum atomic E-state index is -1.55. The first-order valence-corrected chi connectivity index (χ1v) is 27.5. The Morgan fingerprint density at radius 2 is 1.14 bits per heavy atom. The van der Waals surface area contributed by atoms with Crippen LogP contribution in [0.3, 0.4) is 0 Å². The molecule has 10 aromatic heterocycles. The largest absolute Gasteiger partial charge is 0.488 e. The maximum Gasteiger partial charge on any atom is 0.488 e. The topological polar surface area (TPSA) is 273 Å². The molecule has 0 saturated carbocycles. The Labute approximate surface area is 500 Å². The molecule has 0 fully saturated rings. The predicted molar refractivity (Wildman–Crippen MR) is 333 cm³/mol. The van der Waals surface area contributed by atoms with Crippen molar-refractivity contribution in [3.63, 3.8) is 0 Å². The van der Waals surface area contributed by atoms with E-state index in [2.05, 4.69) is 125 Å². The number of para-hydroxylation sites is 2. The van der Waals surface area contributed by atoms with Crippen molar-refractivity contribution in [3.05, 3.63) is 226 Å². The average molecular weight is 1190 g/mol. The highest BCUT2D eigenvalue weighted by molar-refractivity contribution is 6.58. The monoisotopic (exact) mass is 1190 g/mol. The first-order valence-electron chi connectivity index (χ1n) is 26.3. The third-order valence-corrected chi connectivity index (χ3v) is 13.8. The third-order valence-electron chi connectivity index (χ3n) is 13.2. The number of rotatable bonds is 12. The van der Waals surface area contributed by atoms with Crippen molar-refractivity contribution in [2.45, 2.75) is 25.7 Å². The number of furan rings is 3. The SMILES string of the molecule is Clc1nc(Cl)c2occc2n1.Clc1nc(NCCc2c[nH]c3ccccc23)c2occc2n1.NCCC1=CCc2ccccc21.[C-]#[N+]c1cncc(-c2nc(NCCc3c[nH]c4ccccc34)c3occc3n2)c1.[C-]#[N+]c1cncc(B(O)O)c1. The third kappa shape index (κ3) is 14.5. The fourth-order valence-electron chi connectivity index (χ4n) is 9.18. The molecule has 3 aromatic carbocycles. The maximum absolute atomic E-state index is 8.66. The summed E-state index contributed by atoms with van der Waals surface area (Å²) in [6, 6.07) is 33.4. The van der Waals surface area contributed by atoms with Gasteiger partial charge in [0.2, 0.25) is 21.9 Å². The summed E-state index contributed by atoms with van der Waals surface area (Å²) in [5, 5.41) is 27.0. The van der Waals surface area contributed by atoms with Crippen LogP contribution < -0.4 is 21.8 Å². The summed E-state index contributed by atoms with van der Waals surface area (Å²) in [6.45, 7) is 16.0. The van der Waals surface area contributed by atoms with Gasteiger partial charge in [0.05, 0.1) is 31.9 Å². The summed E-state index contributed by atoms with van der Waals surface area (Å²) in [4.78, 5) is 45.9. The normalized spacial score (nSPS) is 11.2. The molecule has 0 aliphatic heterocycles. The molecule has 24 heteroatoms. The summed E-state index contributed by atoms with van der Waals surface area (Å²) in [5.74, 6) is 1.76. The van der Waals surface area contributed by atoms with Crippen molar-refractivity contribution in [2.24, 2.45) is 5.73 Å². The van der Waals surface area contributed by atoms with E-state index < -0.39 is 7.12 Å². The van der Waals surface area contributed by atoms with Crippen molar-refractivity contribution in [1.82, 2.24) is 49.8 Å². The Kier molecular flexibility index (Phi) is 19.1. The number of hydrogen-bond acceptors (Lipinski definition) is 16. The van der Waals surface area contributed by atoms with Gasteiger partial charge in [-0.15, -0.1) is 0 Å². The number of nitrogens with two attached hydrogens (primary N) is 1. The molecule has 0 radical (unpaired) electrons. The number of fused-ring (bicyclic) bond motifs is 6. The van der Waals surface area contributed by atoms with E-state index in [1.807, 2.05) is 36.7 Å². The van der Waals surface area contributed by atoms with Crippen LogP contribution >= 0.6 is 34.8 Å². The molecule has 1 aliphatic rings. The van der Waals surface area contributed by atoms with Crippen LogP contribution in [0, 0.1) is 13.1 Å². The zero-order valence-electron chi connectivity index (χ0n) is 44.9. The molecule has 0 spiro atoms. The van der Waals surface area contributed by atoms with Gasteiger partial charge in [0.1, 0.15) is 16.6 Å². The number of benzene rings is 3. The number of halogens is 3. The highest BCUT2D eigenvalue weighted by atomic mass is 35.5. The van der Waals surface area contributed by atoms with Crippen LogP contribution in [-0.4, -0.2) is 86.6 Å². The van der Waals surface area contributed by atoms with Crippen molar-refractivity contribution in [1.29, 1.82) is 0 Å². The van der Waals surface area contributed by atoms with Gasteiger partial charge in [-0.2, -0.15) is 4.98 Å². The van der Waals surface area contributed by atoms with Crippen molar-refractivity contribution < 1.29 is 23.3 Å². The molecule has 13 aromatic rings. The smallest absolute Gasteiger partial charge is 0.459 e. The van der Waals surface area contributed by atoms with E-state index in [0.717, 1.165) is 49.8 Å². The molecule has 10 heterocycles. The number of hydrogen-bond donors (Lipinski definition) is 7. The Balaban J connectivity index is 0.000000126. The van der Waals surface area contributed by atoms with E-state index in [1.54, 1.807) is 43.0 Å². The number of nitrogens with zero attached hydrogens (tertiary/aromatic N) is 10. The van der Waals surface area contributed by atoms with Crippen LogP contribution in [0.2, 0.25) is 15.7 Å². The average Bonchev–Trinajstić information content (AvgIpc) is 4.30. The molecule has 0 bridgehead atoms. The van der Waals surface area contributed by atoms with Crippen molar-refractivity contribution in [2.75, 3.05) is 30.3 Å². The first-order chi connectivity index (χ1) is 41.5. The second-order valence-electron chi connectivity index (χ2n) is 18.6. The minimum Gasteiger partial charge on any atom is -0.459 e. The highest BCUT2D eigenvalue weighted by Crippen LogP contribution is 2.31. The standard InChI is InChI=1S/C22H16N6O.C16H13ClN4O.C11H13N.C6H5BN2O2.C6H2Cl2N2O/c1-23-16-10-15(11-24-13-16)21-27-19-7-9-29-20(19)22(28-21)25-8-6-14-12-26-18-5-3-2-4-17(14)18;17-16-20-13-6-8-22-14(13)15(21-16)18-7-5-10-9-19-12-4-2-1-3-11(10)12;12-8-7-10-6-5-9-3-1-2-4-11(9)10;1-8-6-2-5(7(10)11)3-9-4-6;7-5-4-3(1-2-11-4)9-6(8)10-5/h2-5,7,9-13,26H,6,8H2,(H,25,27,28);1-4,6,8-9,19H,5,7H2,(H,18,20,21);1-4,6H,5,7-8,12H2;2-4,10-11H;1-2H. The summed E-state index contributed by atoms with van der Waals surface area (Å²) in [7, 11) is -1.55. The van der Waals surface area contributed by atoms with Gasteiger partial charge < -0.3 is 49.6 Å². The quantitative estimate of drug-likeness (QED) is 0.0259. The molecule has 0 amide bonds. The Morgan fingerprint density at radius 3 is 1.76 bits per heavy atom. The zero-order valence-corrected chi connectivity index (χ0v) is 47.2. The molecule has 0 saturated heterocycles. The van der Waals surface area contributed by atoms with Crippen LogP contribution in [0.4, 0.5) is 23.0 Å². The number of anilines is 2. The number of pyridine rings is 2. The van der Waals surface area contributed by atoms with Crippen LogP contribution in [0.25, 0.3) is 81.8 Å². The number of aromatic nitrogens is 10. The molecular formula is C61H49BCl3N15O5. The molecule has 0 unspecified atom stereocenters.